The number of nitrogens with zero attached hydrogens (tertiary/aromatic N) is 2. The molecule has 3 rings (SSSR count). The number of nitrogens with one attached hydrogen (secondary N) is 1. The summed E-state index contributed by atoms with van der Waals surface area (Å²) in [5.74, 6) is 0.273. The Morgan fingerprint density at radius 2 is 2.05 bits per heavy atom. The van der Waals surface area contributed by atoms with Crippen LogP contribution in [-0.2, 0) is 0 Å². The van der Waals surface area contributed by atoms with Crippen molar-refractivity contribution < 1.29 is 5.11 Å². The summed E-state index contributed by atoms with van der Waals surface area (Å²) >= 11 is 7.42. The molecule has 0 amide bonds. The first-order chi connectivity index (χ1) is 10.1. The second-order valence-corrected chi connectivity index (χ2v) is 5.92. The highest BCUT2D eigenvalue weighted by Crippen LogP contribution is 2.34. The van der Waals surface area contributed by atoms with E-state index in [0.717, 1.165) is 39.6 Å². The summed E-state index contributed by atoms with van der Waals surface area (Å²) in [6.07, 6.45) is 0. The number of hydrogen-bond donors (Lipinski definition) is 2. The average Bonchev–Trinajstić information content (AvgIpc) is 2.90. The molecular formula is C15H14ClN3OS. The van der Waals surface area contributed by atoms with Gasteiger partial charge in [0.15, 0.2) is 0 Å². The van der Waals surface area contributed by atoms with E-state index in [1.165, 1.54) is 0 Å². The first kappa shape index (κ1) is 14.1. The van der Waals surface area contributed by atoms with Gasteiger partial charge in [-0.15, -0.1) is 0 Å². The summed E-state index contributed by atoms with van der Waals surface area (Å²) in [7, 11) is 0. The van der Waals surface area contributed by atoms with E-state index < -0.39 is 0 Å². The molecule has 0 aliphatic heterocycles. The number of aryl methyl sites for hydroxylation is 1. The SMILES string of the molecule is Cc1ccc(C(C)Nc2c(Cl)ccc3nsnc23)c(O)c1. The Hall–Kier alpha value is -1.85. The van der Waals surface area contributed by atoms with E-state index in [1.54, 1.807) is 12.1 Å². The van der Waals surface area contributed by atoms with Crippen molar-refractivity contribution in [3.63, 3.8) is 0 Å². The monoisotopic (exact) mass is 319 g/mol. The number of phenolic OH excluding ortho intramolecular Hbond substituents is 1. The molecule has 0 fully saturated rings. The molecule has 21 heavy (non-hydrogen) atoms. The van der Waals surface area contributed by atoms with Crippen LogP contribution in [0.4, 0.5) is 5.69 Å². The number of phenols is 1. The summed E-state index contributed by atoms with van der Waals surface area (Å²) in [5, 5.41) is 14.0. The Bertz CT molecular complexity index is 803. The summed E-state index contributed by atoms with van der Waals surface area (Å²) in [4.78, 5) is 0. The molecule has 2 aromatic carbocycles. The Kier molecular flexibility index (Phi) is 3.69. The van der Waals surface area contributed by atoms with Crippen LogP contribution in [-0.4, -0.2) is 13.9 Å². The highest BCUT2D eigenvalue weighted by atomic mass is 35.5. The number of rotatable bonds is 3. The molecule has 0 saturated carbocycles. The van der Waals surface area contributed by atoms with Crippen molar-refractivity contribution in [3.05, 3.63) is 46.5 Å². The van der Waals surface area contributed by atoms with Crippen molar-refractivity contribution in [1.82, 2.24) is 8.75 Å². The van der Waals surface area contributed by atoms with E-state index in [0.29, 0.717) is 5.02 Å². The van der Waals surface area contributed by atoms with Crippen molar-refractivity contribution >= 4 is 40.0 Å². The van der Waals surface area contributed by atoms with Crippen LogP contribution >= 0.6 is 23.3 Å². The summed E-state index contributed by atoms with van der Waals surface area (Å²) < 4.78 is 8.50. The molecule has 0 radical (unpaired) electrons. The summed E-state index contributed by atoms with van der Waals surface area (Å²) in [6, 6.07) is 9.18. The predicted molar refractivity (Wildman–Crippen MR) is 87.3 cm³/mol. The van der Waals surface area contributed by atoms with Crippen LogP contribution in [0.15, 0.2) is 30.3 Å². The molecular weight excluding hydrogens is 306 g/mol. The minimum atomic E-state index is -0.101. The molecule has 0 aliphatic carbocycles. The van der Waals surface area contributed by atoms with Gasteiger partial charge in [0, 0.05) is 5.56 Å². The molecule has 2 N–H and O–H groups in total. The fourth-order valence-electron chi connectivity index (χ4n) is 2.28. The van der Waals surface area contributed by atoms with Crippen LogP contribution in [0.3, 0.4) is 0 Å². The number of fused-ring (bicyclic) bond motifs is 1. The second-order valence-electron chi connectivity index (χ2n) is 4.98. The third-order valence-corrected chi connectivity index (χ3v) is 4.25. The lowest BCUT2D eigenvalue weighted by Gasteiger charge is -2.18. The maximum absolute atomic E-state index is 10.1. The summed E-state index contributed by atoms with van der Waals surface area (Å²) in [5.41, 5.74) is 4.15. The van der Waals surface area contributed by atoms with Gasteiger partial charge in [-0.3, -0.25) is 0 Å². The van der Waals surface area contributed by atoms with Crippen molar-refractivity contribution in [2.45, 2.75) is 19.9 Å². The minimum Gasteiger partial charge on any atom is -0.508 e. The molecule has 0 saturated heterocycles. The number of hydrogen-bond acceptors (Lipinski definition) is 5. The van der Waals surface area contributed by atoms with Crippen molar-refractivity contribution in [3.8, 4) is 5.75 Å². The molecule has 1 atom stereocenters. The third-order valence-electron chi connectivity index (χ3n) is 3.39. The lowest BCUT2D eigenvalue weighted by Crippen LogP contribution is -2.08. The molecule has 0 spiro atoms. The minimum absolute atomic E-state index is 0.101. The average molecular weight is 320 g/mol. The lowest BCUT2D eigenvalue weighted by atomic mass is 10.0. The fourth-order valence-corrected chi connectivity index (χ4v) is 3.03. The van der Waals surface area contributed by atoms with Gasteiger partial charge in [0.1, 0.15) is 16.8 Å². The quantitative estimate of drug-likeness (QED) is 0.744. The largest absolute Gasteiger partial charge is 0.508 e. The number of aromatic hydroxyl groups is 1. The first-order valence-corrected chi connectivity index (χ1v) is 7.64. The van der Waals surface area contributed by atoms with E-state index in [9.17, 15) is 5.11 Å². The fraction of sp³-hybridized carbons (Fsp3) is 0.200. The van der Waals surface area contributed by atoms with Gasteiger partial charge >= 0.3 is 0 Å². The van der Waals surface area contributed by atoms with Gasteiger partial charge in [-0.25, -0.2) is 0 Å². The van der Waals surface area contributed by atoms with Gasteiger partial charge in [0.05, 0.1) is 28.5 Å². The first-order valence-electron chi connectivity index (χ1n) is 6.53. The Morgan fingerprint density at radius 3 is 2.81 bits per heavy atom. The van der Waals surface area contributed by atoms with E-state index >= 15 is 0 Å². The molecule has 4 nitrogen and oxygen atoms in total. The molecule has 0 aliphatic rings. The zero-order valence-electron chi connectivity index (χ0n) is 11.6. The van der Waals surface area contributed by atoms with Crippen molar-refractivity contribution in [1.29, 1.82) is 0 Å². The Labute approximate surface area is 131 Å². The van der Waals surface area contributed by atoms with Gasteiger partial charge in [-0.2, -0.15) is 8.75 Å². The zero-order chi connectivity index (χ0) is 15.0. The second kappa shape index (κ2) is 5.50. The van der Waals surface area contributed by atoms with Gasteiger partial charge in [0.25, 0.3) is 0 Å². The van der Waals surface area contributed by atoms with Crippen LogP contribution in [0, 0.1) is 6.92 Å². The molecule has 1 heterocycles. The van der Waals surface area contributed by atoms with Crippen LogP contribution in [0.2, 0.25) is 5.02 Å². The topological polar surface area (TPSA) is 58.0 Å². The van der Waals surface area contributed by atoms with Crippen LogP contribution < -0.4 is 5.32 Å². The van der Waals surface area contributed by atoms with Crippen LogP contribution in [0.25, 0.3) is 11.0 Å². The smallest absolute Gasteiger partial charge is 0.129 e. The van der Waals surface area contributed by atoms with E-state index in [1.807, 2.05) is 32.0 Å². The maximum Gasteiger partial charge on any atom is 0.129 e. The number of aromatic nitrogens is 2. The standard InChI is InChI=1S/C15H14ClN3OS/c1-8-3-4-10(13(20)7-8)9(2)17-14-11(16)5-6-12-15(14)19-21-18-12/h3-7,9,17,20H,1-2H3. The summed E-state index contributed by atoms with van der Waals surface area (Å²) in [6.45, 7) is 3.92. The van der Waals surface area contributed by atoms with E-state index in [4.69, 9.17) is 11.6 Å². The molecule has 108 valence electrons. The highest BCUT2D eigenvalue weighted by Gasteiger charge is 2.15. The van der Waals surface area contributed by atoms with E-state index in [-0.39, 0.29) is 11.8 Å². The molecule has 1 aromatic heterocycles. The highest BCUT2D eigenvalue weighted by molar-refractivity contribution is 7.00. The predicted octanol–water partition coefficient (Wildman–Crippen LogP) is 4.53. The molecule has 3 aromatic rings. The zero-order valence-corrected chi connectivity index (χ0v) is 13.2. The normalized spacial score (nSPS) is 12.5. The van der Waals surface area contributed by atoms with Crippen LogP contribution in [0.1, 0.15) is 24.1 Å². The Balaban J connectivity index is 1.98. The van der Waals surface area contributed by atoms with Crippen LogP contribution in [0.5, 0.6) is 5.75 Å². The van der Waals surface area contributed by atoms with Gasteiger partial charge < -0.3 is 10.4 Å². The van der Waals surface area contributed by atoms with Crippen molar-refractivity contribution in [2.75, 3.05) is 5.32 Å². The van der Waals surface area contributed by atoms with Crippen molar-refractivity contribution in [2.24, 2.45) is 0 Å². The Morgan fingerprint density at radius 1 is 1.24 bits per heavy atom. The lowest BCUT2D eigenvalue weighted by molar-refractivity contribution is 0.465. The van der Waals surface area contributed by atoms with Gasteiger partial charge in [-0.05, 0) is 37.6 Å². The van der Waals surface area contributed by atoms with E-state index in [2.05, 4.69) is 14.1 Å². The number of halogens is 1. The third kappa shape index (κ3) is 2.66. The number of anilines is 1. The molecule has 1 unspecified atom stereocenters. The van der Waals surface area contributed by atoms with Gasteiger partial charge in [0.2, 0.25) is 0 Å². The number of benzene rings is 2. The van der Waals surface area contributed by atoms with Gasteiger partial charge in [-0.1, -0.05) is 23.7 Å². The molecule has 6 heteroatoms. The maximum atomic E-state index is 10.1. The molecule has 0 bridgehead atoms.